The van der Waals surface area contributed by atoms with Gasteiger partial charge >= 0.3 is 13.4 Å². The van der Waals surface area contributed by atoms with Gasteiger partial charge in [0.25, 0.3) is 0 Å². The molecule has 0 aliphatic rings. The zero-order chi connectivity index (χ0) is 5.86. The van der Waals surface area contributed by atoms with E-state index in [-0.39, 0.29) is 0 Å². The Morgan fingerprint density at radius 1 is 1.71 bits per heavy atom. The normalized spacial score (nSPS) is 9.86. The largest absolute Gasteiger partial charge is 0.526 e. The summed E-state index contributed by atoms with van der Waals surface area (Å²) < 4.78 is 1.70. The molecule has 0 bridgehead atoms. The smallest absolute Gasteiger partial charge is 0.323 e. The summed E-state index contributed by atoms with van der Waals surface area (Å²) in [5.74, 6) is 1.98. The zero-order valence-corrected chi connectivity index (χ0v) is 6.72. The van der Waals surface area contributed by atoms with E-state index >= 15 is 0 Å². The van der Waals surface area contributed by atoms with Crippen molar-refractivity contribution in [3.63, 3.8) is 0 Å². The summed E-state index contributed by atoms with van der Waals surface area (Å²) in [4.78, 5) is 4.77. The highest BCUT2D eigenvalue weighted by Gasteiger charge is 2.12. The molecule has 0 heterocycles. The molecule has 0 unspecified atom stereocenters. The van der Waals surface area contributed by atoms with E-state index in [9.17, 15) is 0 Å². The second kappa shape index (κ2) is 3.71. The van der Waals surface area contributed by atoms with Gasteiger partial charge in [0.15, 0.2) is 0 Å². The lowest BCUT2D eigenvalue weighted by atomic mass is 11.5. The molecule has 0 saturated carbocycles. The van der Waals surface area contributed by atoms with Gasteiger partial charge in [-0.05, 0) is 7.05 Å². The van der Waals surface area contributed by atoms with E-state index in [0.29, 0.717) is 0 Å². The van der Waals surface area contributed by atoms with Crippen molar-refractivity contribution in [2.75, 3.05) is 14.2 Å². The molecule has 0 aromatic rings. The minimum atomic E-state index is -1.18. The third kappa shape index (κ3) is 3.34. The van der Waals surface area contributed by atoms with Crippen LogP contribution in [0.4, 0.5) is 0 Å². The molecule has 0 aromatic carbocycles. The van der Waals surface area contributed by atoms with Crippen molar-refractivity contribution in [1.82, 2.24) is 4.05 Å². The Morgan fingerprint density at radius 3 is 2.14 bits per heavy atom. The lowest BCUT2D eigenvalue weighted by Crippen LogP contribution is -2.26. The van der Waals surface area contributed by atoms with Gasteiger partial charge in [0.2, 0.25) is 0 Å². The lowest BCUT2D eigenvalue weighted by Gasteiger charge is -2.11. The van der Waals surface area contributed by atoms with E-state index < -0.39 is 13.4 Å². The number of hydrogen-bond acceptors (Lipinski definition) is 2. The summed E-state index contributed by atoms with van der Waals surface area (Å²) in [6, 6.07) is 0. The SMILES string of the molecule is CO[N](C)[Al]([CH3])[Cl]. The summed E-state index contributed by atoms with van der Waals surface area (Å²) in [7, 11) is 9.12. The first kappa shape index (κ1) is 7.74. The highest BCUT2D eigenvalue weighted by atomic mass is 35.6. The molecule has 2 nitrogen and oxygen atoms in total. The average Bonchev–Trinajstić information content (AvgIpc) is 1.65. The minimum Gasteiger partial charge on any atom is -0.323 e. The molecule has 0 aliphatic carbocycles. The highest BCUT2D eigenvalue weighted by Crippen LogP contribution is 1.92. The van der Waals surface area contributed by atoms with E-state index in [1.807, 2.05) is 12.8 Å². The van der Waals surface area contributed by atoms with Gasteiger partial charge in [-0.15, -0.1) is 0 Å². The third-order valence-corrected chi connectivity index (χ3v) is 2.83. The predicted octanol–water partition coefficient (Wildman–Crippen LogP) is 0.836. The van der Waals surface area contributed by atoms with Gasteiger partial charge in [-0.1, -0.05) is 5.79 Å². The Morgan fingerprint density at radius 2 is 2.14 bits per heavy atom. The van der Waals surface area contributed by atoms with Gasteiger partial charge in [-0.2, -0.15) is 0 Å². The molecule has 0 amide bonds. The fraction of sp³-hybridized carbons (Fsp3) is 1.00. The summed E-state index contributed by atoms with van der Waals surface area (Å²) in [5.41, 5.74) is 0. The van der Waals surface area contributed by atoms with Crippen molar-refractivity contribution in [3.05, 3.63) is 0 Å². The summed E-state index contributed by atoms with van der Waals surface area (Å²) in [6.07, 6.45) is 0. The standard InChI is InChI=1S/C2H6NO.CH3.Al.ClH/c1-3-4-2;;;/h1-2H3;1H3;;1H/q-1;;+2;/p-1. The van der Waals surface area contributed by atoms with Crippen LogP contribution >= 0.6 is 10.0 Å². The van der Waals surface area contributed by atoms with Crippen molar-refractivity contribution in [3.8, 4) is 0 Å². The minimum absolute atomic E-state index is 1.18. The van der Waals surface area contributed by atoms with Crippen LogP contribution in [-0.2, 0) is 4.84 Å². The van der Waals surface area contributed by atoms with Crippen LogP contribution in [0.15, 0.2) is 0 Å². The molecule has 7 heavy (non-hydrogen) atoms. The molecule has 0 N–H and O–H groups in total. The Bertz CT molecular complexity index is 52.2. The monoisotopic (exact) mass is 137 g/mol. The maximum Gasteiger partial charge on any atom is 0.526 e. The molecule has 0 radical (unpaired) electrons. The number of hydroxylamine groups is 1. The summed E-state index contributed by atoms with van der Waals surface area (Å²) in [5, 5.41) is 0. The number of halogens is 1. The first-order valence-corrected chi connectivity index (χ1v) is 5.51. The van der Waals surface area contributed by atoms with Gasteiger partial charge in [0.1, 0.15) is 0 Å². The van der Waals surface area contributed by atoms with Crippen molar-refractivity contribution in [2.24, 2.45) is 0 Å². The van der Waals surface area contributed by atoms with Crippen molar-refractivity contribution in [1.29, 1.82) is 0 Å². The lowest BCUT2D eigenvalue weighted by molar-refractivity contribution is -0.0307. The maximum atomic E-state index is 5.67. The van der Waals surface area contributed by atoms with Crippen LogP contribution in [0.5, 0.6) is 0 Å². The van der Waals surface area contributed by atoms with E-state index in [1.54, 1.807) is 11.2 Å². The number of rotatable bonds is 2. The molecule has 42 valence electrons. The maximum absolute atomic E-state index is 5.67. The topological polar surface area (TPSA) is 12.5 Å². The van der Waals surface area contributed by atoms with Crippen molar-refractivity contribution in [2.45, 2.75) is 5.79 Å². The first-order valence-electron chi connectivity index (χ1n) is 2.09. The second-order valence-corrected chi connectivity index (χ2v) is 5.07. The van der Waals surface area contributed by atoms with E-state index in [0.717, 1.165) is 0 Å². The fourth-order valence-corrected chi connectivity index (χ4v) is 0.675. The molecular formula is C3H9AlClNO. The zero-order valence-electron chi connectivity index (χ0n) is 4.81. The van der Waals surface area contributed by atoms with Crippen LogP contribution in [0.25, 0.3) is 0 Å². The molecule has 0 saturated heterocycles. The van der Waals surface area contributed by atoms with Crippen LogP contribution < -0.4 is 0 Å². The molecule has 4 heteroatoms. The van der Waals surface area contributed by atoms with Crippen molar-refractivity contribution >= 4 is 23.5 Å². The molecular weight excluding hydrogens is 128 g/mol. The Balaban J connectivity index is 3.14. The molecule has 0 rings (SSSR count). The van der Waals surface area contributed by atoms with Crippen LogP contribution in [0.3, 0.4) is 0 Å². The van der Waals surface area contributed by atoms with Crippen LogP contribution in [-0.4, -0.2) is 31.7 Å². The third-order valence-electron chi connectivity index (χ3n) is 0.789. The van der Waals surface area contributed by atoms with Gasteiger partial charge in [0, 0.05) is 0 Å². The van der Waals surface area contributed by atoms with Gasteiger partial charge in [0.05, 0.1) is 7.11 Å². The van der Waals surface area contributed by atoms with E-state index in [2.05, 4.69) is 0 Å². The number of nitrogens with zero attached hydrogens (tertiary/aromatic N) is 1. The van der Waals surface area contributed by atoms with E-state index in [1.165, 1.54) is 0 Å². The Hall–Kier alpha value is 0.742. The molecule has 0 spiro atoms. The number of hydrogen-bond donors (Lipinski definition) is 0. The van der Waals surface area contributed by atoms with Gasteiger partial charge < -0.3 is 4.84 Å². The average molecular weight is 138 g/mol. The molecule has 0 fully saturated rings. The van der Waals surface area contributed by atoms with Gasteiger partial charge in [-0.3, -0.25) is 4.05 Å². The Labute approximate surface area is 52.8 Å². The molecule has 0 aromatic heterocycles. The van der Waals surface area contributed by atoms with Crippen LogP contribution in [0.1, 0.15) is 0 Å². The summed E-state index contributed by atoms with van der Waals surface area (Å²) >= 11 is -1.18. The summed E-state index contributed by atoms with van der Waals surface area (Å²) in [6.45, 7) is 0. The van der Waals surface area contributed by atoms with Crippen LogP contribution in [0, 0.1) is 0 Å². The Kier molecular flexibility index (Phi) is 4.10. The first-order chi connectivity index (χ1) is 3.18. The van der Waals surface area contributed by atoms with Crippen LogP contribution in [0.2, 0.25) is 5.79 Å². The van der Waals surface area contributed by atoms with E-state index in [4.69, 9.17) is 14.9 Å². The quantitative estimate of drug-likeness (QED) is 0.413. The van der Waals surface area contributed by atoms with Crippen molar-refractivity contribution < 1.29 is 4.84 Å². The molecule has 0 aliphatic heterocycles. The van der Waals surface area contributed by atoms with Gasteiger partial charge in [-0.25, -0.2) is 10.0 Å². The fourth-order valence-electron chi connectivity index (χ4n) is 0.145. The predicted molar refractivity (Wildman–Crippen MR) is 32.2 cm³/mol. The molecule has 0 atom stereocenters. The second-order valence-electron chi connectivity index (χ2n) is 1.30. The highest BCUT2D eigenvalue weighted by molar-refractivity contribution is 7.04.